The molecule has 2 rings (SSSR count). The van der Waals surface area contributed by atoms with Gasteiger partial charge in [0.15, 0.2) is 0 Å². The number of carboxylic acids is 1. The van der Waals surface area contributed by atoms with Crippen LogP contribution in [0.15, 0.2) is 18.2 Å². The molecule has 1 aromatic rings. The van der Waals surface area contributed by atoms with E-state index in [-0.39, 0.29) is 17.2 Å². The molecule has 1 N–H and O–H groups in total. The van der Waals surface area contributed by atoms with Crippen LogP contribution >= 0.6 is 0 Å². The monoisotopic (exact) mass is 320 g/mol. The number of nitrogens with zero attached hydrogens (tertiary/aromatic N) is 2. The second kappa shape index (κ2) is 6.76. The largest absolute Gasteiger partial charge is 0.480 e. The zero-order chi connectivity index (χ0) is 17.1. The number of carbonyl (C=O) groups is 2. The summed E-state index contributed by atoms with van der Waals surface area (Å²) in [7, 11) is 0. The number of aliphatic carboxylic acids is 1. The maximum absolute atomic E-state index is 12.6. The molecule has 1 atom stereocenters. The normalized spacial score (nSPS) is 18.0. The van der Waals surface area contributed by atoms with E-state index in [1.165, 1.54) is 17.0 Å². The predicted molar refractivity (Wildman–Crippen MR) is 83.5 cm³/mol. The van der Waals surface area contributed by atoms with Crippen molar-refractivity contribution in [3.8, 4) is 0 Å². The minimum absolute atomic E-state index is 0.0405. The molecule has 1 aliphatic rings. The summed E-state index contributed by atoms with van der Waals surface area (Å²) in [5, 5.41) is 20.5. The first-order valence-electron chi connectivity index (χ1n) is 7.65. The fourth-order valence-corrected chi connectivity index (χ4v) is 2.92. The third-order valence-electron chi connectivity index (χ3n) is 4.14. The van der Waals surface area contributed by atoms with Crippen molar-refractivity contribution >= 4 is 17.6 Å². The number of nitro benzene ring substituents is 1. The van der Waals surface area contributed by atoms with E-state index >= 15 is 0 Å². The van der Waals surface area contributed by atoms with E-state index in [0.29, 0.717) is 18.5 Å². The van der Waals surface area contributed by atoms with E-state index in [2.05, 4.69) is 0 Å². The first-order valence-corrected chi connectivity index (χ1v) is 7.65. The van der Waals surface area contributed by atoms with Gasteiger partial charge in [0.2, 0.25) is 0 Å². The van der Waals surface area contributed by atoms with Crippen molar-refractivity contribution < 1.29 is 19.6 Å². The number of hydrogen-bond donors (Lipinski definition) is 1. The van der Waals surface area contributed by atoms with Crippen LogP contribution in [0.2, 0.25) is 0 Å². The average Bonchev–Trinajstić information content (AvgIpc) is 2.53. The van der Waals surface area contributed by atoms with Crippen molar-refractivity contribution in [3.63, 3.8) is 0 Å². The van der Waals surface area contributed by atoms with E-state index < -0.39 is 22.8 Å². The molecule has 23 heavy (non-hydrogen) atoms. The van der Waals surface area contributed by atoms with Crippen LogP contribution in [0, 0.1) is 10.1 Å². The van der Waals surface area contributed by atoms with Gasteiger partial charge in [-0.15, -0.1) is 0 Å². The highest BCUT2D eigenvalue weighted by molar-refractivity contribution is 5.97. The molecule has 0 spiro atoms. The zero-order valence-corrected chi connectivity index (χ0v) is 13.2. The molecule has 0 aliphatic carbocycles. The van der Waals surface area contributed by atoms with Crippen LogP contribution in [0.4, 0.5) is 5.69 Å². The van der Waals surface area contributed by atoms with Crippen LogP contribution in [0.1, 0.15) is 54.9 Å². The minimum atomic E-state index is -1.04. The van der Waals surface area contributed by atoms with Gasteiger partial charge in [-0.1, -0.05) is 19.9 Å². The Morgan fingerprint density at radius 2 is 2.04 bits per heavy atom. The molecule has 0 radical (unpaired) electrons. The molecule has 0 aromatic heterocycles. The molecule has 1 amide bonds. The Bertz CT molecular complexity index is 641. The lowest BCUT2D eigenvalue weighted by Gasteiger charge is -2.33. The summed E-state index contributed by atoms with van der Waals surface area (Å²) in [5.74, 6) is -1.54. The lowest BCUT2D eigenvalue weighted by molar-refractivity contribution is -0.385. The lowest BCUT2D eigenvalue weighted by Crippen LogP contribution is -2.48. The standard InChI is InChI=1S/C16H20N2O5/c1-10(2)12-7-6-11(9-14(12)18(22)23)15(19)17-8-4-3-5-13(17)16(20)21/h6-7,9-10,13H,3-5,8H2,1-2H3,(H,20,21)/t13-/m1/s1. The smallest absolute Gasteiger partial charge is 0.326 e. The number of rotatable bonds is 4. The van der Waals surface area contributed by atoms with Gasteiger partial charge < -0.3 is 10.0 Å². The highest BCUT2D eigenvalue weighted by atomic mass is 16.6. The number of nitro groups is 1. The van der Waals surface area contributed by atoms with Crippen LogP contribution < -0.4 is 0 Å². The lowest BCUT2D eigenvalue weighted by atomic mass is 9.97. The second-order valence-corrected chi connectivity index (χ2v) is 6.03. The first kappa shape index (κ1) is 16.9. The summed E-state index contributed by atoms with van der Waals surface area (Å²) in [5.41, 5.74) is 0.615. The van der Waals surface area contributed by atoms with E-state index in [9.17, 15) is 24.8 Å². The van der Waals surface area contributed by atoms with E-state index in [4.69, 9.17) is 0 Å². The molecule has 0 bridgehead atoms. The Hall–Kier alpha value is -2.44. The average molecular weight is 320 g/mol. The molecule has 1 heterocycles. The van der Waals surface area contributed by atoms with Gasteiger partial charge >= 0.3 is 5.97 Å². The molecule has 1 aliphatic heterocycles. The van der Waals surface area contributed by atoms with Gasteiger partial charge in [-0.2, -0.15) is 0 Å². The Kier molecular flexibility index (Phi) is 4.98. The van der Waals surface area contributed by atoms with Crippen molar-refractivity contribution in [3.05, 3.63) is 39.4 Å². The SMILES string of the molecule is CC(C)c1ccc(C(=O)N2CCCC[C@@H]2C(=O)O)cc1[N+](=O)[O-]. The van der Waals surface area contributed by atoms with E-state index in [0.717, 1.165) is 12.8 Å². The van der Waals surface area contributed by atoms with Gasteiger partial charge in [0.25, 0.3) is 11.6 Å². The predicted octanol–water partition coefficient (Wildman–Crippen LogP) is 2.80. The van der Waals surface area contributed by atoms with Gasteiger partial charge in [-0.25, -0.2) is 4.79 Å². The van der Waals surface area contributed by atoms with E-state index in [1.807, 2.05) is 13.8 Å². The highest BCUT2D eigenvalue weighted by Gasteiger charge is 2.33. The van der Waals surface area contributed by atoms with Crippen LogP contribution in [-0.2, 0) is 4.79 Å². The Morgan fingerprint density at radius 1 is 1.35 bits per heavy atom. The summed E-state index contributed by atoms with van der Waals surface area (Å²) in [6, 6.07) is 3.51. The van der Waals surface area contributed by atoms with Gasteiger partial charge in [0.05, 0.1) is 4.92 Å². The second-order valence-electron chi connectivity index (χ2n) is 6.03. The summed E-state index contributed by atoms with van der Waals surface area (Å²) >= 11 is 0. The van der Waals surface area contributed by atoms with E-state index in [1.54, 1.807) is 6.07 Å². The van der Waals surface area contributed by atoms with Gasteiger partial charge in [0, 0.05) is 23.7 Å². The Balaban J connectivity index is 2.37. The van der Waals surface area contributed by atoms with Gasteiger partial charge in [0.1, 0.15) is 6.04 Å². The summed E-state index contributed by atoms with van der Waals surface area (Å²) in [4.78, 5) is 36.0. The molecule has 124 valence electrons. The van der Waals surface area contributed by atoms with Crippen LogP contribution in [-0.4, -0.2) is 39.4 Å². The van der Waals surface area contributed by atoms with Gasteiger partial charge in [-0.05, 0) is 31.2 Å². The van der Waals surface area contributed by atoms with Crippen molar-refractivity contribution in [1.29, 1.82) is 0 Å². The van der Waals surface area contributed by atoms with Crippen LogP contribution in [0.3, 0.4) is 0 Å². The Labute approximate surface area is 134 Å². The number of piperidine rings is 1. The first-order chi connectivity index (χ1) is 10.8. The quantitative estimate of drug-likeness (QED) is 0.679. The maximum Gasteiger partial charge on any atom is 0.326 e. The molecule has 1 aromatic carbocycles. The topological polar surface area (TPSA) is 101 Å². The summed E-state index contributed by atoms with van der Waals surface area (Å²) < 4.78 is 0. The fourth-order valence-electron chi connectivity index (χ4n) is 2.92. The fraction of sp³-hybridized carbons (Fsp3) is 0.500. The molecular formula is C16H20N2O5. The summed E-state index contributed by atoms with van der Waals surface area (Å²) in [6.45, 7) is 4.04. The number of likely N-dealkylation sites (tertiary alicyclic amines) is 1. The summed E-state index contributed by atoms with van der Waals surface area (Å²) in [6.07, 6.45) is 1.90. The molecule has 1 saturated heterocycles. The maximum atomic E-state index is 12.6. The molecule has 7 nitrogen and oxygen atoms in total. The number of amides is 1. The minimum Gasteiger partial charge on any atom is -0.480 e. The van der Waals surface area contributed by atoms with Crippen molar-refractivity contribution in [2.24, 2.45) is 0 Å². The molecule has 0 saturated carbocycles. The van der Waals surface area contributed by atoms with Crippen LogP contribution in [0.5, 0.6) is 0 Å². The highest BCUT2D eigenvalue weighted by Crippen LogP contribution is 2.28. The number of carbonyl (C=O) groups excluding carboxylic acids is 1. The third-order valence-corrected chi connectivity index (χ3v) is 4.14. The van der Waals surface area contributed by atoms with Crippen molar-refractivity contribution in [2.45, 2.75) is 45.1 Å². The van der Waals surface area contributed by atoms with Crippen LogP contribution in [0.25, 0.3) is 0 Å². The number of hydrogen-bond acceptors (Lipinski definition) is 4. The zero-order valence-electron chi connectivity index (χ0n) is 13.2. The molecule has 0 unspecified atom stereocenters. The van der Waals surface area contributed by atoms with Crippen molar-refractivity contribution in [1.82, 2.24) is 4.90 Å². The Morgan fingerprint density at radius 3 is 2.61 bits per heavy atom. The van der Waals surface area contributed by atoms with Gasteiger partial charge in [-0.3, -0.25) is 14.9 Å². The molecule has 1 fully saturated rings. The third kappa shape index (κ3) is 3.49. The number of benzene rings is 1. The van der Waals surface area contributed by atoms with Crippen molar-refractivity contribution in [2.75, 3.05) is 6.54 Å². The number of carboxylic acid groups (broad SMARTS) is 1. The molecular weight excluding hydrogens is 300 g/mol. The molecule has 7 heteroatoms.